The van der Waals surface area contributed by atoms with Gasteiger partial charge in [-0.05, 0) is 44.5 Å². The molecule has 2 atom stereocenters. The van der Waals surface area contributed by atoms with E-state index < -0.39 is 18.0 Å². The van der Waals surface area contributed by atoms with Gasteiger partial charge >= 0.3 is 5.97 Å². The van der Waals surface area contributed by atoms with Crippen LogP contribution in [-0.2, 0) is 9.53 Å². The van der Waals surface area contributed by atoms with Gasteiger partial charge in [-0.3, -0.25) is 4.79 Å². The van der Waals surface area contributed by atoms with Crippen molar-refractivity contribution in [2.24, 2.45) is 0 Å². The molecule has 1 aromatic heterocycles. The minimum Gasteiger partial charge on any atom is -0.449 e. The van der Waals surface area contributed by atoms with E-state index in [0.29, 0.717) is 11.4 Å². The van der Waals surface area contributed by atoms with Crippen molar-refractivity contribution in [3.05, 3.63) is 47.7 Å². The van der Waals surface area contributed by atoms with Gasteiger partial charge in [0.2, 0.25) is 0 Å². The lowest BCUT2D eigenvalue weighted by molar-refractivity contribution is -0.123. The summed E-state index contributed by atoms with van der Waals surface area (Å²) < 4.78 is 6.90. The maximum absolute atomic E-state index is 12.3. The standard InChI is InChI=1S/C18H20N4O3/c1-4-12(2)22-16(9-10-20-22)21-17(23)13(3)25-18(24)15-7-5-14(11-19)6-8-15/h5-10,12-13H,4H2,1-3H3,(H,21,23)/t12-,13-/m0/s1. The molecule has 0 radical (unpaired) electrons. The number of rotatable bonds is 6. The fraction of sp³-hybridized carbons (Fsp3) is 0.333. The number of nitriles is 1. The molecule has 130 valence electrons. The third-order valence-corrected chi connectivity index (χ3v) is 3.83. The molecule has 1 amide bonds. The summed E-state index contributed by atoms with van der Waals surface area (Å²) in [5, 5.41) is 15.7. The van der Waals surface area contributed by atoms with Gasteiger partial charge in [-0.25, -0.2) is 9.48 Å². The summed E-state index contributed by atoms with van der Waals surface area (Å²) in [5.41, 5.74) is 0.726. The number of nitrogens with one attached hydrogen (secondary N) is 1. The Morgan fingerprint density at radius 2 is 1.96 bits per heavy atom. The number of nitrogens with zero attached hydrogens (tertiary/aromatic N) is 3. The molecule has 0 aliphatic rings. The second-order valence-corrected chi connectivity index (χ2v) is 5.64. The highest BCUT2D eigenvalue weighted by atomic mass is 16.5. The monoisotopic (exact) mass is 340 g/mol. The average molecular weight is 340 g/mol. The van der Waals surface area contributed by atoms with Crippen LogP contribution in [0.2, 0.25) is 0 Å². The number of amides is 1. The van der Waals surface area contributed by atoms with Crippen LogP contribution in [-0.4, -0.2) is 27.8 Å². The van der Waals surface area contributed by atoms with Crippen LogP contribution in [0.15, 0.2) is 36.5 Å². The first-order valence-electron chi connectivity index (χ1n) is 8.01. The first kappa shape index (κ1) is 18.2. The Morgan fingerprint density at radius 3 is 2.56 bits per heavy atom. The highest BCUT2D eigenvalue weighted by Crippen LogP contribution is 2.17. The van der Waals surface area contributed by atoms with Crippen LogP contribution < -0.4 is 5.32 Å². The van der Waals surface area contributed by atoms with Crippen molar-refractivity contribution in [3.8, 4) is 6.07 Å². The number of hydrogen-bond acceptors (Lipinski definition) is 5. The molecule has 0 saturated carbocycles. The van der Waals surface area contributed by atoms with E-state index in [1.807, 2.05) is 19.9 Å². The van der Waals surface area contributed by atoms with E-state index in [-0.39, 0.29) is 11.6 Å². The molecule has 1 heterocycles. The lowest BCUT2D eigenvalue weighted by Gasteiger charge is -2.17. The van der Waals surface area contributed by atoms with E-state index in [1.54, 1.807) is 16.9 Å². The van der Waals surface area contributed by atoms with E-state index in [1.165, 1.54) is 31.2 Å². The second-order valence-electron chi connectivity index (χ2n) is 5.64. The predicted octanol–water partition coefficient (Wildman–Crippen LogP) is 2.91. The molecule has 0 aliphatic carbocycles. The number of carbonyl (C=O) groups excluding carboxylic acids is 2. The summed E-state index contributed by atoms with van der Waals surface area (Å²) in [6.45, 7) is 5.53. The quantitative estimate of drug-likeness (QED) is 0.816. The molecule has 1 aromatic carbocycles. The van der Waals surface area contributed by atoms with Crippen molar-refractivity contribution >= 4 is 17.7 Å². The normalized spacial score (nSPS) is 12.7. The molecule has 1 N–H and O–H groups in total. The Balaban J connectivity index is 1.99. The fourth-order valence-corrected chi connectivity index (χ4v) is 2.13. The Morgan fingerprint density at radius 1 is 1.28 bits per heavy atom. The maximum Gasteiger partial charge on any atom is 0.338 e. The van der Waals surface area contributed by atoms with Gasteiger partial charge in [0.25, 0.3) is 5.91 Å². The van der Waals surface area contributed by atoms with E-state index in [0.717, 1.165) is 6.42 Å². The highest BCUT2D eigenvalue weighted by Gasteiger charge is 2.21. The molecule has 0 spiro atoms. The Hall–Kier alpha value is -3.14. The van der Waals surface area contributed by atoms with Crippen molar-refractivity contribution in [1.29, 1.82) is 5.26 Å². The van der Waals surface area contributed by atoms with E-state index in [9.17, 15) is 9.59 Å². The predicted molar refractivity (Wildman–Crippen MR) is 91.9 cm³/mol. The zero-order valence-electron chi connectivity index (χ0n) is 14.4. The first-order valence-corrected chi connectivity index (χ1v) is 8.01. The number of benzene rings is 1. The van der Waals surface area contributed by atoms with Crippen molar-refractivity contribution in [1.82, 2.24) is 9.78 Å². The largest absolute Gasteiger partial charge is 0.449 e. The van der Waals surface area contributed by atoms with Crippen molar-refractivity contribution in [2.75, 3.05) is 5.32 Å². The molecular weight excluding hydrogens is 320 g/mol. The van der Waals surface area contributed by atoms with Crippen LogP contribution >= 0.6 is 0 Å². The summed E-state index contributed by atoms with van der Waals surface area (Å²) in [6.07, 6.45) is 1.51. The molecule has 2 rings (SSSR count). The minimum absolute atomic E-state index is 0.141. The number of ether oxygens (including phenoxy) is 1. The Labute approximate surface area is 146 Å². The highest BCUT2D eigenvalue weighted by molar-refractivity contribution is 5.96. The van der Waals surface area contributed by atoms with Crippen LogP contribution in [0.5, 0.6) is 0 Å². The zero-order chi connectivity index (χ0) is 18.4. The van der Waals surface area contributed by atoms with Gasteiger partial charge in [-0.1, -0.05) is 6.92 Å². The smallest absolute Gasteiger partial charge is 0.338 e. The molecule has 25 heavy (non-hydrogen) atoms. The number of carbonyl (C=O) groups is 2. The van der Waals surface area contributed by atoms with Crippen LogP contribution in [0.3, 0.4) is 0 Å². The van der Waals surface area contributed by atoms with Crippen molar-refractivity contribution in [3.63, 3.8) is 0 Å². The molecule has 0 aliphatic heterocycles. The Kier molecular flexibility index (Phi) is 5.90. The Bertz CT molecular complexity index is 789. The van der Waals surface area contributed by atoms with Gasteiger partial charge in [-0.2, -0.15) is 10.4 Å². The van der Waals surface area contributed by atoms with Crippen LogP contribution in [0, 0.1) is 11.3 Å². The summed E-state index contributed by atoms with van der Waals surface area (Å²) >= 11 is 0. The topological polar surface area (TPSA) is 97.0 Å². The minimum atomic E-state index is -0.969. The molecule has 0 unspecified atom stereocenters. The number of hydrogen-bond donors (Lipinski definition) is 1. The fourth-order valence-electron chi connectivity index (χ4n) is 2.13. The van der Waals surface area contributed by atoms with E-state index in [4.69, 9.17) is 10.00 Å². The molecule has 7 nitrogen and oxygen atoms in total. The lowest BCUT2D eigenvalue weighted by Crippen LogP contribution is -2.31. The summed E-state index contributed by atoms with van der Waals surface area (Å²) in [6, 6.07) is 9.82. The molecular formula is C18H20N4O3. The molecule has 0 saturated heterocycles. The second kappa shape index (κ2) is 8.11. The summed E-state index contributed by atoms with van der Waals surface area (Å²) in [7, 11) is 0. The van der Waals surface area contributed by atoms with Crippen LogP contribution in [0.25, 0.3) is 0 Å². The molecule has 0 fully saturated rings. The number of esters is 1. The first-order chi connectivity index (χ1) is 12.0. The SMILES string of the molecule is CC[C@H](C)n1nccc1NC(=O)[C@H](C)OC(=O)c1ccc(C#N)cc1. The van der Waals surface area contributed by atoms with Gasteiger partial charge < -0.3 is 10.1 Å². The van der Waals surface area contributed by atoms with E-state index in [2.05, 4.69) is 10.4 Å². The van der Waals surface area contributed by atoms with Gasteiger partial charge in [-0.15, -0.1) is 0 Å². The van der Waals surface area contributed by atoms with Gasteiger partial charge in [0.05, 0.1) is 29.4 Å². The van der Waals surface area contributed by atoms with Crippen molar-refractivity contribution < 1.29 is 14.3 Å². The zero-order valence-corrected chi connectivity index (χ0v) is 14.4. The maximum atomic E-state index is 12.3. The van der Waals surface area contributed by atoms with Crippen LogP contribution in [0.4, 0.5) is 5.82 Å². The van der Waals surface area contributed by atoms with Gasteiger partial charge in [0.1, 0.15) is 5.82 Å². The average Bonchev–Trinajstić information content (AvgIpc) is 3.09. The lowest BCUT2D eigenvalue weighted by atomic mass is 10.1. The number of aromatic nitrogens is 2. The van der Waals surface area contributed by atoms with Gasteiger partial charge in [0.15, 0.2) is 6.10 Å². The van der Waals surface area contributed by atoms with Crippen molar-refractivity contribution in [2.45, 2.75) is 39.3 Å². The third kappa shape index (κ3) is 4.44. The molecule has 2 aromatic rings. The summed E-state index contributed by atoms with van der Waals surface area (Å²) in [4.78, 5) is 24.3. The third-order valence-electron chi connectivity index (χ3n) is 3.83. The van der Waals surface area contributed by atoms with E-state index >= 15 is 0 Å². The van der Waals surface area contributed by atoms with Crippen LogP contribution in [0.1, 0.15) is 49.2 Å². The number of anilines is 1. The summed E-state index contributed by atoms with van der Waals surface area (Å²) in [5.74, 6) is -0.504. The molecule has 0 bridgehead atoms. The van der Waals surface area contributed by atoms with Gasteiger partial charge in [0, 0.05) is 6.07 Å². The molecule has 7 heteroatoms.